The Kier molecular flexibility index (Phi) is 5.49. The molecule has 150 valence electrons. The van der Waals surface area contributed by atoms with E-state index in [-0.39, 0.29) is 11.2 Å². The van der Waals surface area contributed by atoms with Crippen LogP contribution in [-0.4, -0.2) is 29.0 Å². The van der Waals surface area contributed by atoms with Crippen molar-refractivity contribution in [3.8, 4) is 11.5 Å². The van der Waals surface area contributed by atoms with Crippen molar-refractivity contribution in [1.29, 1.82) is 0 Å². The second kappa shape index (κ2) is 8.21. The number of anilines is 1. The second-order valence-corrected chi connectivity index (χ2v) is 8.13. The number of nitrogens with one attached hydrogen (secondary N) is 2. The molecule has 1 atom stereocenters. The highest BCUT2D eigenvalue weighted by Crippen LogP contribution is 2.44. The van der Waals surface area contributed by atoms with E-state index in [0.29, 0.717) is 29.7 Å². The number of carbonyl (C=O) groups excluding carboxylic acids is 1. The van der Waals surface area contributed by atoms with Crippen molar-refractivity contribution in [3.05, 3.63) is 70.4 Å². The maximum absolute atomic E-state index is 12.0. The first-order valence-corrected chi connectivity index (χ1v) is 10.4. The number of amides is 1. The molecule has 1 aliphatic rings. The SMILES string of the molecule is COc1cc([C@@H]2SCC(=O)Nc3n[nH]c(C)c32)ccc1OCc1cccc(C)c1. The Morgan fingerprint density at radius 3 is 2.83 bits per heavy atom. The van der Waals surface area contributed by atoms with Gasteiger partial charge in [0.05, 0.1) is 18.1 Å². The number of nitrogens with zero attached hydrogens (tertiary/aromatic N) is 1. The van der Waals surface area contributed by atoms with E-state index in [1.807, 2.05) is 37.3 Å². The molecular formula is C22H23N3O3S. The third kappa shape index (κ3) is 4.10. The maximum atomic E-state index is 12.0. The Hall–Kier alpha value is -2.93. The molecule has 0 unspecified atom stereocenters. The van der Waals surface area contributed by atoms with Crippen molar-refractivity contribution >= 4 is 23.5 Å². The van der Waals surface area contributed by atoms with Crippen molar-refractivity contribution in [1.82, 2.24) is 10.2 Å². The third-order valence-electron chi connectivity index (χ3n) is 4.86. The number of fused-ring (bicyclic) bond motifs is 1. The molecule has 0 radical (unpaired) electrons. The Labute approximate surface area is 174 Å². The van der Waals surface area contributed by atoms with Crippen LogP contribution in [0, 0.1) is 13.8 Å². The van der Waals surface area contributed by atoms with Crippen LogP contribution in [0.3, 0.4) is 0 Å². The summed E-state index contributed by atoms with van der Waals surface area (Å²) >= 11 is 1.58. The lowest BCUT2D eigenvalue weighted by atomic mass is 10.0. The monoisotopic (exact) mass is 409 g/mol. The summed E-state index contributed by atoms with van der Waals surface area (Å²) in [6, 6.07) is 14.2. The van der Waals surface area contributed by atoms with Gasteiger partial charge in [0.2, 0.25) is 5.91 Å². The summed E-state index contributed by atoms with van der Waals surface area (Å²) in [4.78, 5) is 12.0. The van der Waals surface area contributed by atoms with Gasteiger partial charge in [-0.25, -0.2) is 0 Å². The molecule has 0 fully saturated rings. The first-order valence-electron chi connectivity index (χ1n) is 9.37. The average molecular weight is 410 g/mol. The minimum Gasteiger partial charge on any atom is -0.493 e. The molecule has 29 heavy (non-hydrogen) atoms. The van der Waals surface area contributed by atoms with Gasteiger partial charge in [-0.2, -0.15) is 5.10 Å². The van der Waals surface area contributed by atoms with Gasteiger partial charge in [-0.05, 0) is 37.1 Å². The van der Waals surface area contributed by atoms with Crippen LogP contribution in [0.2, 0.25) is 0 Å². The Balaban J connectivity index is 1.61. The summed E-state index contributed by atoms with van der Waals surface area (Å²) in [6.07, 6.45) is 0. The minimum atomic E-state index is -0.0460. The molecule has 0 bridgehead atoms. The number of thioether (sulfide) groups is 1. The lowest BCUT2D eigenvalue weighted by molar-refractivity contribution is -0.113. The molecule has 0 spiro atoms. The summed E-state index contributed by atoms with van der Waals surface area (Å²) in [5, 5.41) is 10.1. The first-order chi connectivity index (χ1) is 14.0. The molecule has 2 heterocycles. The zero-order valence-corrected chi connectivity index (χ0v) is 17.4. The molecule has 3 aromatic rings. The van der Waals surface area contributed by atoms with Gasteiger partial charge in [0, 0.05) is 11.3 Å². The normalized spacial score (nSPS) is 16.0. The van der Waals surface area contributed by atoms with Crippen molar-refractivity contribution in [2.24, 2.45) is 0 Å². The molecule has 1 aromatic heterocycles. The third-order valence-corrected chi connectivity index (χ3v) is 6.13. The van der Waals surface area contributed by atoms with Gasteiger partial charge in [-0.15, -0.1) is 11.8 Å². The number of methoxy groups -OCH3 is 1. The van der Waals surface area contributed by atoms with Crippen LogP contribution >= 0.6 is 11.8 Å². The highest BCUT2D eigenvalue weighted by molar-refractivity contribution is 8.00. The van der Waals surface area contributed by atoms with E-state index < -0.39 is 0 Å². The minimum absolute atomic E-state index is 0.0255. The molecular weight excluding hydrogens is 386 g/mol. The van der Waals surface area contributed by atoms with Crippen LogP contribution in [0.5, 0.6) is 11.5 Å². The van der Waals surface area contributed by atoms with E-state index in [4.69, 9.17) is 9.47 Å². The van der Waals surface area contributed by atoms with Gasteiger partial charge in [0.25, 0.3) is 0 Å². The Bertz CT molecular complexity index is 1050. The molecule has 1 aliphatic heterocycles. The van der Waals surface area contributed by atoms with E-state index in [1.165, 1.54) is 5.56 Å². The largest absolute Gasteiger partial charge is 0.493 e. The van der Waals surface area contributed by atoms with Gasteiger partial charge < -0.3 is 14.8 Å². The van der Waals surface area contributed by atoms with Crippen LogP contribution in [0.15, 0.2) is 42.5 Å². The highest BCUT2D eigenvalue weighted by atomic mass is 32.2. The van der Waals surface area contributed by atoms with Gasteiger partial charge in [0.15, 0.2) is 17.3 Å². The number of rotatable bonds is 5. The molecule has 6 nitrogen and oxygen atoms in total. The van der Waals surface area contributed by atoms with Crippen LogP contribution < -0.4 is 14.8 Å². The average Bonchev–Trinajstić information content (AvgIpc) is 2.97. The Morgan fingerprint density at radius 1 is 1.17 bits per heavy atom. The number of aromatic amines is 1. The number of aromatic nitrogens is 2. The summed E-state index contributed by atoms with van der Waals surface area (Å²) in [5.74, 6) is 2.28. The number of aryl methyl sites for hydroxylation is 2. The fourth-order valence-corrected chi connectivity index (χ4v) is 4.64. The van der Waals surface area contributed by atoms with Gasteiger partial charge >= 0.3 is 0 Å². The van der Waals surface area contributed by atoms with E-state index in [9.17, 15) is 4.79 Å². The van der Waals surface area contributed by atoms with Gasteiger partial charge in [0.1, 0.15) is 6.61 Å². The van der Waals surface area contributed by atoms with E-state index in [2.05, 4.69) is 34.6 Å². The van der Waals surface area contributed by atoms with Crippen LogP contribution in [0.4, 0.5) is 5.82 Å². The van der Waals surface area contributed by atoms with Crippen molar-refractivity contribution < 1.29 is 14.3 Å². The molecule has 7 heteroatoms. The second-order valence-electron chi connectivity index (χ2n) is 7.04. The zero-order chi connectivity index (χ0) is 20.4. The lowest BCUT2D eigenvalue weighted by Gasteiger charge is -2.18. The maximum Gasteiger partial charge on any atom is 0.235 e. The fraction of sp³-hybridized carbons (Fsp3) is 0.273. The van der Waals surface area contributed by atoms with E-state index in [1.54, 1.807) is 18.9 Å². The quantitative estimate of drug-likeness (QED) is 0.654. The van der Waals surface area contributed by atoms with Crippen molar-refractivity contribution in [2.75, 3.05) is 18.2 Å². The summed E-state index contributed by atoms with van der Waals surface area (Å²) in [7, 11) is 1.64. The number of carbonyl (C=O) groups is 1. The lowest BCUT2D eigenvalue weighted by Crippen LogP contribution is -2.12. The topological polar surface area (TPSA) is 76.2 Å². The molecule has 0 aliphatic carbocycles. The zero-order valence-electron chi connectivity index (χ0n) is 16.6. The number of hydrogen-bond acceptors (Lipinski definition) is 5. The number of ether oxygens (including phenoxy) is 2. The first kappa shape index (κ1) is 19.4. The standard InChI is InChI=1S/C22H23N3O3S/c1-13-5-4-6-15(9-13)11-28-17-8-7-16(10-18(17)27-3)21-20-14(2)24-25-22(20)23-19(26)12-29-21/h4-10,21H,11-12H2,1-3H3,(H2,23,24,25,26)/t21-/m0/s1. The number of H-pyrrole nitrogens is 1. The molecule has 2 aromatic carbocycles. The van der Waals surface area contributed by atoms with Crippen molar-refractivity contribution in [2.45, 2.75) is 25.7 Å². The summed E-state index contributed by atoms with van der Waals surface area (Å²) < 4.78 is 11.6. The van der Waals surface area contributed by atoms with Gasteiger partial charge in [-0.3, -0.25) is 9.89 Å². The highest BCUT2D eigenvalue weighted by Gasteiger charge is 2.28. The fourth-order valence-electron chi connectivity index (χ4n) is 3.46. The van der Waals surface area contributed by atoms with Gasteiger partial charge in [-0.1, -0.05) is 35.9 Å². The molecule has 1 amide bonds. The summed E-state index contributed by atoms with van der Waals surface area (Å²) in [6.45, 7) is 4.50. The van der Waals surface area contributed by atoms with Crippen LogP contribution in [-0.2, 0) is 11.4 Å². The van der Waals surface area contributed by atoms with Crippen LogP contribution in [0.25, 0.3) is 0 Å². The predicted molar refractivity (Wildman–Crippen MR) is 115 cm³/mol. The smallest absolute Gasteiger partial charge is 0.235 e. The van der Waals surface area contributed by atoms with Crippen molar-refractivity contribution in [3.63, 3.8) is 0 Å². The molecule has 0 saturated carbocycles. The van der Waals surface area contributed by atoms with Crippen LogP contribution in [0.1, 0.15) is 33.2 Å². The molecule has 4 rings (SSSR count). The van der Waals surface area contributed by atoms with E-state index >= 15 is 0 Å². The Morgan fingerprint density at radius 2 is 2.03 bits per heavy atom. The molecule has 0 saturated heterocycles. The summed E-state index contributed by atoms with van der Waals surface area (Å²) in [5.41, 5.74) is 5.29. The van der Waals surface area contributed by atoms with E-state index in [0.717, 1.165) is 22.4 Å². The molecule has 2 N–H and O–H groups in total. The number of benzene rings is 2. The predicted octanol–water partition coefficient (Wildman–Crippen LogP) is 4.39. The number of hydrogen-bond donors (Lipinski definition) is 2.